The van der Waals surface area contributed by atoms with Gasteiger partial charge in [0.25, 0.3) is 0 Å². The minimum Gasteiger partial charge on any atom is -0.310 e. The van der Waals surface area contributed by atoms with Crippen LogP contribution in [0.2, 0.25) is 0 Å². The van der Waals surface area contributed by atoms with Gasteiger partial charge < -0.3 is 4.90 Å². The van der Waals surface area contributed by atoms with Gasteiger partial charge in [-0.1, -0.05) is 127 Å². The molecular formula is C39H29N. The molecule has 0 bridgehead atoms. The number of hydrogen-bond acceptors (Lipinski definition) is 1. The molecule has 0 radical (unpaired) electrons. The third-order valence-electron chi connectivity index (χ3n) is 8.82. The summed E-state index contributed by atoms with van der Waals surface area (Å²) < 4.78 is 0. The molecule has 0 fully saturated rings. The smallest absolute Gasteiger partial charge is 0.0751 e. The van der Waals surface area contributed by atoms with Crippen molar-refractivity contribution in [3.05, 3.63) is 185 Å². The highest BCUT2D eigenvalue weighted by atomic mass is 15.2. The third-order valence-corrected chi connectivity index (χ3v) is 8.82. The first-order valence-corrected chi connectivity index (χ1v) is 14.2. The molecule has 0 amide bonds. The van der Waals surface area contributed by atoms with Crippen molar-refractivity contribution in [1.29, 1.82) is 0 Å². The quantitative estimate of drug-likeness (QED) is 0.228. The van der Waals surface area contributed by atoms with Crippen molar-refractivity contribution in [2.75, 3.05) is 4.90 Å². The maximum absolute atomic E-state index is 2.46. The first kappa shape index (κ1) is 23.0. The number of anilines is 3. The molecule has 0 unspecified atom stereocenters. The lowest BCUT2D eigenvalue weighted by Crippen LogP contribution is -2.36. The summed E-state index contributed by atoms with van der Waals surface area (Å²) in [5.41, 5.74) is 14.3. The number of benzene rings is 5. The second-order valence-corrected chi connectivity index (χ2v) is 10.8. The van der Waals surface area contributed by atoms with Crippen LogP contribution in [0.3, 0.4) is 0 Å². The predicted molar refractivity (Wildman–Crippen MR) is 167 cm³/mol. The van der Waals surface area contributed by atoms with Crippen LogP contribution in [0.25, 0.3) is 11.1 Å². The number of allylic oxidation sites excluding steroid dienone is 6. The van der Waals surface area contributed by atoms with Gasteiger partial charge >= 0.3 is 0 Å². The van der Waals surface area contributed by atoms with Crippen molar-refractivity contribution in [2.45, 2.75) is 18.3 Å². The van der Waals surface area contributed by atoms with Crippen LogP contribution in [-0.2, 0) is 5.41 Å². The Morgan fingerprint density at radius 3 is 1.80 bits per heavy atom. The van der Waals surface area contributed by atoms with E-state index < -0.39 is 0 Å². The highest BCUT2D eigenvalue weighted by Gasteiger charge is 2.51. The van der Waals surface area contributed by atoms with Crippen LogP contribution >= 0.6 is 0 Å². The van der Waals surface area contributed by atoms with Gasteiger partial charge in [0.1, 0.15) is 0 Å². The summed E-state index contributed by atoms with van der Waals surface area (Å²) in [5, 5.41) is 0. The molecule has 3 aliphatic rings. The fourth-order valence-electron chi connectivity index (χ4n) is 7.22. The Morgan fingerprint density at radius 2 is 1.10 bits per heavy atom. The van der Waals surface area contributed by atoms with E-state index >= 15 is 0 Å². The number of nitrogens with zero attached hydrogens (tertiary/aromatic N) is 1. The topological polar surface area (TPSA) is 3.24 Å². The van der Waals surface area contributed by atoms with Gasteiger partial charge in [-0.3, -0.25) is 0 Å². The van der Waals surface area contributed by atoms with Crippen molar-refractivity contribution >= 4 is 28.2 Å². The maximum atomic E-state index is 2.46. The van der Waals surface area contributed by atoms with Gasteiger partial charge in [0.15, 0.2) is 0 Å². The van der Waals surface area contributed by atoms with Gasteiger partial charge in [-0.2, -0.15) is 0 Å². The second kappa shape index (κ2) is 9.10. The van der Waals surface area contributed by atoms with Gasteiger partial charge in [-0.15, -0.1) is 0 Å². The minimum absolute atomic E-state index is 0.376. The number of rotatable bonds is 2. The van der Waals surface area contributed by atoms with E-state index in [0.29, 0.717) is 0 Å². The minimum atomic E-state index is -0.376. The lowest BCUT2D eigenvalue weighted by atomic mass is 9.63. The maximum Gasteiger partial charge on any atom is 0.0751 e. The Hall–Kier alpha value is -4.88. The van der Waals surface area contributed by atoms with Crippen molar-refractivity contribution < 1.29 is 0 Å². The second-order valence-electron chi connectivity index (χ2n) is 10.8. The molecule has 0 saturated heterocycles. The first-order valence-electron chi connectivity index (χ1n) is 14.2. The van der Waals surface area contributed by atoms with E-state index in [9.17, 15) is 0 Å². The van der Waals surface area contributed by atoms with Gasteiger partial charge in [-0.05, 0) is 81.6 Å². The molecule has 1 spiro atoms. The molecule has 0 N–H and O–H groups in total. The summed E-state index contributed by atoms with van der Waals surface area (Å²) in [7, 11) is 0. The molecule has 8 rings (SSSR count). The number of para-hydroxylation sites is 3. The lowest BCUT2D eigenvalue weighted by Gasteiger charge is -2.45. The van der Waals surface area contributed by atoms with Crippen LogP contribution in [0.4, 0.5) is 17.1 Å². The molecule has 1 nitrogen and oxygen atoms in total. The van der Waals surface area contributed by atoms with Crippen molar-refractivity contribution in [3.63, 3.8) is 0 Å². The van der Waals surface area contributed by atoms with Crippen LogP contribution in [0.15, 0.2) is 157 Å². The van der Waals surface area contributed by atoms with E-state index in [0.717, 1.165) is 12.8 Å². The third kappa shape index (κ3) is 3.21. The standard InChI is InChI=1S/C39H29N/c1-3-14-28(15-4-1)29-16-13-23-34-32(27-26-29)31-19-7-8-20-33(31)39(34)35-21-9-11-24-37(35)40(30-17-5-2-6-18-30)38-25-12-10-22-36(38)39/h1-15,17-26H,16,27H2/b23-13-,29-26+. The fraction of sp³-hybridized carbons (Fsp3) is 0.0769. The molecule has 1 heteroatoms. The lowest BCUT2D eigenvalue weighted by molar-refractivity contribution is 0.745. The Labute approximate surface area is 236 Å². The molecule has 0 aromatic heterocycles. The van der Waals surface area contributed by atoms with E-state index in [4.69, 9.17) is 0 Å². The Morgan fingerprint density at radius 1 is 0.525 bits per heavy atom. The summed E-state index contributed by atoms with van der Waals surface area (Å²) in [6.45, 7) is 0. The van der Waals surface area contributed by atoms with E-state index in [-0.39, 0.29) is 5.41 Å². The molecule has 40 heavy (non-hydrogen) atoms. The molecule has 0 saturated carbocycles. The monoisotopic (exact) mass is 511 g/mol. The summed E-state index contributed by atoms with van der Waals surface area (Å²) in [4.78, 5) is 2.44. The van der Waals surface area contributed by atoms with Crippen LogP contribution in [0.5, 0.6) is 0 Å². The molecule has 1 aliphatic heterocycles. The molecule has 1 heterocycles. The van der Waals surface area contributed by atoms with Gasteiger partial charge in [-0.25, -0.2) is 0 Å². The van der Waals surface area contributed by atoms with Crippen molar-refractivity contribution in [3.8, 4) is 0 Å². The molecular weight excluding hydrogens is 482 g/mol. The molecule has 5 aromatic rings. The van der Waals surface area contributed by atoms with Gasteiger partial charge in [0.05, 0.1) is 16.8 Å². The summed E-state index contributed by atoms with van der Waals surface area (Å²) in [6.07, 6.45) is 9.12. The molecule has 5 aromatic carbocycles. The van der Waals surface area contributed by atoms with Gasteiger partial charge in [0.2, 0.25) is 0 Å². The van der Waals surface area contributed by atoms with Crippen LogP contribution in [0, 0.1) is 0 Å². The molecule has 2 aliphatic carbocycles. The first-order chi connectivity index (χ1) is 19.9. The summed E-state index contributed by atoms with van der Waals surface area (Å²) in [6, 6.07) is 48.8. The number of hydrogen-bond donors (Lipinski definition) is 0. The highest BCUT2D eigenvalue weighted by Crippen LogP contribution is 2.63. The van der Waals surface area contributed by atoms with E-state index in [1.54, 1.807) is 0 Å². The average Bonchev–Trinajstić information content (AvgIpc) is 3.27. The zero-order valence-electron chi connectivity index (χ0n) is 22.3. The predicted octanol–water partition coefficient (Wildman–Crippen LogP) is 10.0. The zero-order chi connectivity index (χ0) is 26.5. The summed E-state index contributed by atoms with van der Waals surface area (Å²) in [5.74, 6) is 0. The Balaban J connectivity index is 1.43. The van der Waals surface area contributed by atoms with Gasteiger partial charge in [0, 0.05) is 5.69 Å². The van der Waals surface area contributed by atoms with Crippen molar-refractivity contribution in [2.24, 2.45) is 0 Å². The van der Waals surface area contributed by atoms with E-state index in [1.807, 2.05) is 0 Å². The Bertz CT molecular complexity index is 1790. The van der Waals surface area contributed by atoms with Crippen LogP contribution in [-0.4, -0.2) is 0 Å². The zero-order valence-corrected chi connectivity index (χ0v) is 22.3. The van der Waals surface area contributed by atoms with E-state index in [2.05, 4.69) is 157 Å². The highest BCUT2D eigenvalue weighted by molar-refractivity contribution is 5.96. The van der Waals surface area contributed by atoms with Crippen LogP contribution < -0.4 is 4.90 Å². The largest absolute Gasteiger partial charge is 0.310 e. The Kier molecular flexibility index (Phi) is 5.24. The molecule has 0 atom stereocenters. The van der Waals surface area contributed by atoms with Crippen LogP contribution in [0.1, 0.15) is 40.7 Å². The van der Waals surface area contributed by atoms with Crippen molar-refractivity contribution in [1.82, 2.24) is 0 Å². The fourth-order valence-corrected chi connectivity index (χ4v) is 7.22. The summed E-state index contributed by atoms with van der Waals surface area (Å²) >= 11 is 0. The molecule has 190 valence electrons. The average molecular weight is 512 g/mol. The van der Waals surface area contributed by atoms with E-state index in [1.165, 1.54) is 61.6 Å². The normalized spacial score (nSPS) is 18.5. The SMILES string of the molecule is C1=C\C2=C(C/C=C(/c3ccccc3)C/1)c1ccccc1C21c2ccccc2N(c2ccccc2)c2ccccc21. The number of fused-ring (bicyclic) bond motifs is 8.